The summed E-state index contributed by atoms with van der Waals surface area (Å²) in [6.07, 6.45) is 5.79. The molecular weight excluding hydrogens is 164 g/mol. The SMILES string of the molecule is CC[C@@H]1C[C@H]1CC1(C=O)CCOC1. The summed E-state index contributed by atoms with van der Waals surface area (Å²) in [4.78, 5) is 11.0. The molecule has 0 amide bonds. The van der Waals surface area contributed by atoms with E-state index in [2.05, 4.69) is 6.92 Å². The Morgan fingerprint density at radius 3 is 2.85 bits per heavy atom. The quantitative estimate of drug-likeness (QED) is 0.622. The molecular formula is C11H18O2. The minimum absolute atomic E-state index is 0.103. The lowest BCUT2D eigenvalue weighted by Crippen LogP contribution is -2.23. The number of hydrogen-bond donors (Lipinski definition) is 0. The molecule has 1 unspecified atom stereocenters. The Morgan fingerprint density at radius 1 is 1.54 bits per heavy atom. The largest absolute Gasteiger partial charge is 0.380 e. The molecule has 2 rings (SSSR count). The van der Waals surface area contributed by atoms with Crippen molar-refractivity contribution < 1.29 is 9.53 Å². The maximum atomic E-state index is 11.0. The van der Waals surface area contributed by atoms with E-state index in [1.54, 1.807) is 0 Å². The predicted octanol–water partition coefficient (Wildman–Crippen LogP) is 2.03. The van der Waals surface area contributed by atoms with E-state index in [1.165, 1.54) is 12.8 Å². The summed E-state index contributed by atoms with van der Waals surface area (Å²) in [5, 5.41) is 0. The second-order valence-corrected chi connectivity index (χ2v) is 4.65. The standard InChI is InChI=1S/C11H18O2/c1-2-9-5-10(9)6-11(7-12)3-4-13-8-11/h7,9-10H,2-6,8H2,1H3/t9-,10+,11?/m1/s1. The maximum absolute atomic E-state index is 11.0. The number of hydrogen-bond acceptors (Lipinski definition) is 2. The van der Waals surface area contributed by atoms with Gasteiger partial charge in [0, 0.05) is 6.61 Å². The van der Waals surface area contributed by atoms with Gasteiger partial charge in [-0.2, -0.15) is 0 Å². The summed E-state index contributed by atoms with van der Waals surface area (Å²) >= 11 is 0. The Morgan fingerprint density at radius 2 is 2.38 bits per heavy atom. The van der Waals surface area contributed by atoms with Gasteiger partial charge in [0.2, 0.25) is 0 Å². The van der Waals surface area contributed by atoms with Gasteiger partial charge in [-0.15, -0.1) is 0 Å². The highest BCUT2D eigenvalue weighted by Gasteiger charge is 2.44. The smallest absolute Gasteiger partial charge is 0.128 e. The number of aldehydes is 1. The molecule has 0 radical (unpaired) electrons. The van der Waals surface area contributed by atoms with Gasteiger partial charge in [-0.1, -0.05) is 13.3 Å². The van der Waals surface area contributed by atoms with Crippen LogP contribution in [-0.2, 0) is 9.53 Å². The second-order valence-electron chi connectivity index (χ2n) is 4.65. The van der Waals surface area contributed by atoms with Crippen LogP contribution in [0.25, 0.3) is 0 Å². The first-order chi connectivity index (χ1) is 6.29. The van der Waals surface area contributed by atoms with E-state index >= 15 is 0 Å². The van der Waals surface area contributed by atoms with Crippen LogP contribution in [0.2, 0.25) is 0 Å². The highest BCUT2D eigenvalue weighted by Crippen LogP contribution is 2.49. The Bertz CT molecular complexity index is 194. The van der Waals surface area contributed by atoms with Crippen LogP contribution in [0.1, 0.15) is 32.6 Å². The third-order valence-electron chi connectivity index (χ3n) is 3.65. The molecule has 0 aromatic carbocycles. The van der Waals surface area contributed by atoms with E-state index in [9.17, 15) is 4.79 Å². The van der Waals surface area contributed by atoms with Crippen LogP contribution in [0.15, 0.2) is 0 Å². The average molecular weight is 182 g/mol. The lowest BCUT2D eigenvalue weighted by atomic mass is 9.83. The van der Waals surface area contributed by atoms with E-state index in [0.29, 0.717) is 6.61 Å². The van der Waals surface area contributed by atoms with E-state index in [1.807, 2.05) is 0 Å². The summed E-state index contributed by atoms with van der Waals surface area (Å²) in [6, 6.07) is 0. The Kier molecular flexibility index (Phi) is 2.41. The molecule has 1 saturated carbocycles. The second kappa shape index (κ2) is 3.41. The molecule has 0 aromatic heterocycles. The lowest BCUT2D eigenvalue weighted by Gasteiger charge is -2.19. The van der Waals surface area contributed by atoms with Crippen molar-refractivity contribution >= 4 is 6.29 Å². The fraction of sp³-hybridized carbons (Fsp3) is 0.909. The Balaban J connectivity index is 1.88. The molecule has 0 bridgehead atoms. The van der Waals surface area contributed by atoms with Gasteiger partial charge >= 0.3 is 0 Å². The van der Waals surface area contributed by atoms with E-state index in [4.69, 9.17) is 4.74 Å². The van der Waals surface area contributed by atoms with Crippen LogP contribution >= 0.6 is 0 Å². The zero-order chi connectivity index (χ0) is 9.31. The van der Waals surface area contributed by atoms with Gasteiger partial charge in [0.1, 0.15) is 6.29 Å². The van der Waals surface area contributed by atoms with Gasteiger partial charge in [0.25, 0.3) is 0 Å². The van der Waals surface area contributed by atoms with Gasteiger partial charge in [-0.25, -0.2) is 0 Å². The van der Waals surface area contributed by atoms with Crippen molar-refractivity contribution in [1.82, 2.24) is 0 Å². The van der Waals surface area contributed by atoms with Gasteiger partial charge < -0.3 is 9.53 Å². The molecule has 1 saturated heterocycles. The first kappa shape index (κ1) is 9.20. The Hall–Kier alpha value is -0.370. The van der Waals surface area contributed by atoms with Crippen LogP contribution < -0.4 is 0 Å². The normalized spacial score (nSPS) is 43.5. The zero-order valence-electron chi connectivity index (χ0n) is 8.29. The van der Waals surface area contributed by atoms with Crippen LogP contribution in [-0.4, -0.2) is 19.5 Å². The molecule has 1 aliphatic heterocycles. The van der Waals surface area contributed by atoms with Crippen LogP contribution in [0, 0.1) is 17.3 Å². The Labute approximate surface area is 79.7 Å². The number of carbonyl (C=O) groups is 1. The van der Waals surface area contributed by atoms with Gasteiger partial charge in [0.05, 0.1) is 12.0 Å². The molecule has 74 valence electrons. The fourth-order valence-corrected chi connectivity index (χ4v) is 2.51. The molecule has 1 aliphatic carbocycles. The summed E-state index contributed by atoms with van der Waals surface area (Å²) in [5.74, 6) is 1.72. The number of ether oxygens (including phenoxy) is 1. The molecule has 2 nitrogen and oxygen atoms in total. The molecule has 13 heavy (non-hydrogen) atoms. The van der Waals surface area contributed by atoms with Crippen molar-refractivity contribution in [1.29, 1.82) is 0 Å². The van der Waals surface area contributed by atoms with E-state index in [0.717, 1.165) is 37.6 Å². The third-order valence-corrected chi connectivity index (χ3v) is 3.65. The van der Waals surface area contributed by atoms with Crippen molar-refractivity contribution in [3.05, 3.63) is 0 Å². The lowest BCUT2D eigenvalue weighted by molar-refractivity contribution is -0.116. The molecule has 2 heteroatoms. The monoisotopic (exact) mass is 182 g/mol. The molecule has 0 N–H and O–H groups in total. The molecule has 2 fully saturated rings. The topological polar surface area (TPSA) is 26.3 Å². The first-order valence-corrected chi connectivity index (χ1v) is 5.34. The fourth-order valence-electron chi connectivity index (χ4n) is 2.51. The predicted molar refractivity (Wildman–Crippen MR) is 50.4 cm³/mol. The molecule has 2 aliphatic rings. The van der Waals surface area contributed by atoms with E-state index in [-0.39, 0.29) is 5.41 Å². The zero-order valence-corrected chi connectivity index (χ0v) is 8.29. The summed E-state index contributed by atoms with van der Waals surface area (Å²) in [6.45, 7) is 3.69. The van der Waals surface area contributed by atoms with Gasteiger partial charge in [0.15, 0.2) is 0 Å². The molecule has 0 spiro atoms. The van der Waals surface area contributed by atoms with Crippen molar-refractivity contribution in [3.8, 4) is 0 Å². The summed E-state index contributed by atoms with van der Waals surface area (Å²) < 4.78 is 5.32. The number of carbonyl (C=O) groups excluding carboxylic acids is 1. The maximum Gasteiger partial charge on any atom is 0.128 e. The van der Waals surface area contributed by atoms with Crippen molar-refractivity contribution in [3.63, 3.8) is 0 Å². The third kappa shape index (κ3) is 1.78. The van der Waals surface area contributed by atoms with Crippen molar-refractivity contribution in [2.75, 3.05) is 13.2 Å². The molecule has 0 aromatic rings. The highest BCUT2D eigenvalue weighted by molar-refractivity contribution is 5.60. The van der Waals surface area contributed by atoms with E-state index < -0.39 is 0 Å². The molecule has 3 atom stereocenters. The van der Waals surface area contributed by atoms with Crippen LogP contribution in [0.3, 0.4) is 0 Å². The number of rotatable bonds is 4. The highest BCUT2D eigenvalue weighted by atomic mass is 16.5. The summed E-state index contributed by atoms with van der Waals surface area (Å²) in [5.41, 5.74) is -0.103. The van der Waals surface area contributed by atoms with Crippen molar-refractivity contribution in [2.24, 2.45) is 17.3 Å². The minimum atomic E-state index is -0.103. The van der Waals surface area contributed by atoms with Gasteiger partial charge in [-0.05, 0) is 31.1 Å². The summed E-state index contributed by atoms with van der Waals surface area (Å²) in [7, 11) is 0. The van der Waals surface area contributed by atoms with Gasteiger partial charge in [-0.3, -0.25) is 0 Å². The van der Waals surface area contributed by atoms with Crippen molar-refractivity contribution in [2.45, 2.75) is 32.6 Å². The average Bonchev–Trinajstić information content (AvgIpc) is 2.72. The van der Waals surface area contributed by atoms with Crippen LogP contribution in [0.4, 0.5) is 0 Å². The minimum Gasteiger partial charge on any atom is -0.380 e. The molecule has 1 heterocycles. The van der Waals surface area contributed by atoms with Crippen LogP contribution in [0.5, 0.6) is 0 Å². The first-order valence-electron chi connectivity index (χ1n) is 5.34.